The van der Waals surface area contributed by atoms with Crippen LogP contribution in [0.4, 0.5) is 0 Å². The highest BCUT2D eigenvalue weighted by Gasteiger charge is 2.72. The number of hydrogen-bond acceptors (Lipinski definition) is 3. The van der Waals surface area contributed by atoms with Crippen LogP contribution in [0.2, 0.25) is 0 Å². The molecule has 2 bridgehead atoms. The summed E-state index contributed by atoms with van der Waals surface area (Å²) < 4.78 is 6.10. The Labute approximate surface area is 133 Å². The molecular weight excluding hydrogens is 276 g/mol. The van der Waals surface area contributed by atoms with E-state index in [9.17, 15) is 9.90 Å². The minimum atomic E-state index is -0.405. The quantitative estimate of drug-likeness (QED) is 0.596. The first-order valence-electron chi connectivity index (χ1n) is 8.90. The minimum absolute atomic E-state index is 0.0181. The summed E-state index contributed by atoms with van der Waals surface area (Å²) in [6.45, 7) is 8.64. The predicted octanol–water partition coefficient (Wildman–Crippen LogP) is 3.46. The number of allylic oxidation sites excluding steroid dienone is 1. The molecule has 0 amide bonds. The van der Waals surface area contributed by atoms with Crippen molar-refractivity contribution in [2.75, 3.05) is 0 Å². The third-order valence-corrected chi connectivity index (χ3v) is 7.85. The predicted molar refractivity (Wildman–Crippen MR) is 84.0 cm³/mol. The molecule has 4 aliphatic rings. The lowest BCUT2D eigenvalue weighted by Crippen LogP contribution is -2.65. The Morgan fingerprint density at radius 3 is 2.82 bits per heavy atom. The van der Waals surface area contributed by atoms with Gasteiger partial charge in [-0.1, -0.05) is 19.9 Å². The summed E-state index contributed by atoms with van der Waals surface area (Å²) in [5, 5.41) is 10.8. The van der Waals surface area contributed by atoms with Gasteiger partial charge >= 0.3 is 5.97 Å². The van der Waals surface area contributed by atoms with Crippen LogP contribution in [-0.4, -0.2) is 22.8 Å². The molecular formula is C19H28O3. The van der Waals surface area contributed by atoms with E-state index in [1.165, 1.54) is 0 Å². The van der Waals surface area contributed by atoms with Crippen LogP contribution in [0.3, 0.4) is 0 Å². The summed E-state index contributed by atoms with van der Waals surface area (Å²) in [7, 11) is 0. The molecule has 22 heavy (non-hydrogen) atoms. The summed E-state index contributed by atoms with van der Waals surface area (Å²) in [5.74, 6) is 0.345. The van der Waals surface area contributed by atoms with E-state index in [1.54, 1.807) is 0 Å². The Bertz CT molecular complexity index is 529. The van der Waals surface area contributed by atoms with E-state index in [2.05, 4.69) is 26.5 Å². The molecule has 122 valence electrons. The lowest BCUT2D eigenvalue weighted by molar-refractivity contribution is -0.224. The molecule has 3 saturated carbocycles. The van der Waals surface area contributed by atoms with Gasteiger partial charge in [0.05, 0.1) is 12.0 Å². The number of carbonyl (C=O) groups is 1. The molecule has 4 rings (SSSR count). The molecule has 0 spiro atoms. The van der Waals surface area contributed by atoms with Gasteiger partial charge in [-0.3, -0.25) is 4.79 Å². The van der Waals surface area contributed by atoms with Crippen LogP contribution in [0.15, 0.2) is 12.7 Å². The number of esters is 1. The van der Waals surface area contributed by atoms with E-state index < -0.39 is 5.60 Å². The second-order valence-electron chi connectivity index (χ2n) is 8.81. The molecule has 0 aromatic carbocycles. The summed E-state index contributed by atoms with van der Waals surface area (Å²) in [5.41, 5.74) is -0.230. The van der Waals surface area contributed by atoms with Gasteiger partial charge in [-0.05, 0) is 56.3 Å². The van der Waals surface area contributed by atoms with Crippen molar-refractivity contribution in [3.8, 4) is 0 Å². The summed E-state index contributed by atoms with van der Waals surface area (Å²) >= 11 is 0. The van der Waals surface area contributed by atoms with Gasteiger partial charge in [0.15, 0.2) is 0 Å². The molecule has 1 aliphatic heterocycles. The first kappa shape index (κ1) is 14.7. The third kappa shape index (κ3) is 1.59. The van der Waals surface area contributed by atoms with E-state index in [0.717, 1.165) is 44.9 Å². The van der Waals surface area contributed by atoms with Crippen molar-refractivity contribution in [1.29, 1.82) is 0 Å². The smallest absolute Gasteiger partial charge is 0.310 e. The van der Waals surface area contributed by atoms with E-state index in [1.807, 2.05) is 0 Å². The fraction of sp³-hybridized carbons (Fsp3) is 0.842. The number of aliphatic hydroxyl groups excluding tert-OH is 1. The van der Waals surface area contributed by atoms with Crippen LogP contribution in [0.25, 0.3) is 0 Å². The van der Waals surface area contributed by atoms with Crippen molar-refractivity contribution in [2.24, 2.45) is 28.6 Å². The lowest BCUT2D eigenvalue weighted by Gasteiger charge is -2.62. The monoisotopic (exact) mass is 304 g/mol. The zero-order valence-corrected chi connectivity index (χ0v) is 13.8. The molecule has 0 aromatic rings. The zero-order valence-electron chi connectivity index (χ0n) is 13.8. The number of carbonyl (C=O) groups excluding carboxylic acids is 1. The molecule has 3 heteroatoms. The molecule has 4 fully saturated rings. The van der Waals surface area contributed by atoms with Crippen LogP contribution in [0.1, 0.15) is 58.8 Å². The fourth-order valence-corrected chi connectivity index (χ4v) is 6.42. The minimum Gasteiger partial charge on any atom is -0.458 e. The highest BCUT2D eigenvalue weighted by Crippen LogP contribution is 2.68. The van der Waals surface area contributed by atoms with Gasteiger partial charge in [-0.15, -0.1) is 6.58 Å². The Kier molecular flexibility index (Phi) is 2.93. The van der Waals surface area contributed by atoms with Crippen molar-refractivity contribution in [2.45, 2.75) is 70.5 Å². The highest BCUT2D eigenvalue weighted by molar-refractivity contribution is 5.77. The summed E-state index contributed by atoms with van der Waals surface area (Å²) in [6.07, 6.45) is 8.65. The molecule has 1 heterocycles. The van der Waals surface area contributed by atoms with E-state index in [4.69, 9.17) is 4.74 Å². The van der Waals surface area contributed by atoms with Gasteiger partial charge < -0.3 is 9.84 Å². The Balaban J connectivity index is 1.78. The second-order valence-corrected chi connectivity index (χ2v) is 8.81. The fourth-order valence-electron chi connectivity index (χ4n) is 6.42. The number of rotatable bonds is 1. The standard InChI is InChI=1S/C19H28O3/c1-4-17(2)8-9-18(3)12(11-17)10-14(20)15-13-6-5-7-19(15,18)22-16(13)21/h4,12-15,20H,1,5-11H2,2-3H3/t12-,13?,14-,15-,17-,18-,19-/m1/s1. The molecule has 0 aromatic heterocycles. The summed E-state index contributed by atoms with van der Waals surface area (Å²) in [6, 6.07) is 0. The molecule has 3 nitrogen and oxygen atoms in total. The first-order valence-corrected chi connectivity index (χ1v) is 8.90. The Morgan fingerprint density at radius 1 is 1.32 bits per heavy atom. The summed E-state index contributed by atoms with van der Waals surface area (Å²) in [4.78, 5) is 12.4. The van der Waals surface area contributed by atoms with Gasteiger partial charge in [0.2, 0.25) is 0 Å². The van der Waals surface area contributed by atoms with Gasteiger partial charge in [0.25, 0.3) is 0 Å². The highest BCUT2D eigenvalue weighted by atomic mass is 16.6. The van der Waals surface area contributed by atoms with Crippen molar-refractivity contribution in [3.05, 3.63) is 12.7 Å². The topological polar surface area (TPSA) is 46.5 Å². The lowest BCUT2D eigenvalue weighted by atomic mass is 9.43. The van der Waals surface area contributed by atoms with Gasteiger partial charge in [0, 0.05) is 11.3 Å². The average molecular weight is 304 g/mol. The zero-order chi connectivity index (χ0) is 15.8. The van der Waals surface area contributed by atoms with Crippen LogP contribution >= 0.6 is 0 Å². The molecule has 7 atom stereocenters. The van der Waals surface area contributed by atoms with E-state index in [0.29, 0.717) is 5.92 Å². The second kappa shape index (κ2) is 4.37. The normalized spacial score (nSPS) is 56.8. The van der Waals surface area contributed by atoms with Crippen LogP contribution in [0.5, 0.6) is 0 Å². The Hall–Kier alpha value is -0.830. The molecule has 1 saturated heterocycles. The average Bonchev–Trinajstić information content (AvgIpc) is 2.67. The third-order valence-electron chi connectivity index (χ3n) is 7.85. The first-order chi connectivity index (χ1) is 10.4. The number of ether oxygens (including phenoxy) is 1. The van der Waals surface area contributed by atoms with E-state index in [-0.39, 0.29) is 34.7 Å². The molecule has 1 unspecified atom stereocenters. The number of aliphatic hydroxyl groups is 1. The SMILES string of the molecule is C=C[C@]1(C)CC[C@]2(C)[C@H](C[C@@H](O)[C@H]3C4CCC[C@@]32OC4=O)C1. The van der Waals surface area contributed by atoms with E-state index >= 15 is 0 Å². The number of fused-ring (bicyclic) bond motifs is 1. The maximum absolute atomic E-state index is 12.4. The van der Waals surface area contributed by atoms with Crippen molar-refractivity contribution in [3.63, 3.8) is 0 Å². The molecule has 3 aliphatic carbocycles. The number of hydrogen-bond donors (Lipinski definition) is 1. The van der Waals surface area contributed by atoms with Crippen LogP contribution < -0.4 is 0 Å². The maximum Gasteiger partial charge on any atom is 0.310 e. The Morgan fingerprint density at radius 2 is 2.09 bits per heavy atom. The van der Waals surface area contributed by atoms with Gasteiger partial charge in [-0.2, -0.15) is 0 Å². The van der Waals surface area contributed by atoms with Crippen molar-refractivity contribution in [1.82, 2.24) is 0 Å². The largest absolute Gasteiger partial charge is 0.458 e. The van der Waals surface area contributed by atoms with Gasteiger partial charge in [0.1, 0.15) is 5.60 Å². The van der Waals surface area contributed by atoms with Crippen molar-refractivity contribution < 1.29 is 14.6 Å². The molecule has 0 radical (unpaired) electrons. The van der Waals surface area contributed by atoms with Crippen LogP contribution in [0, 0.1) is 28.6 Å². The van der Waals surface area contributed by atoms with Crippen LogP contribution in [-0.2, 0) is 9.53 Å². The maximum atomic E-state index is 12.4. The molecule has 1 N–H and O–H groups in total. The van der Waals surface area contributed by atoms with Gasteiger partial charge in [-0.25, -0.2) is 0 Å². The van der Waals surface area contributed by atoms with Crippen molar-refractivity contribution >= 4 is 5.97 Å².